The molecule has 0 saturated carbocycles. The van der Waals surface area contributed by atoms with E-state index in [1.807, 2.05) is 42.5 Å². The molecule has 1 heterocycles. The summed E-state index contributed by atoms with van der Waals surface area (Å²) in [7, 11) is 0. The number of anilines is 1. The van der Waals surface area contributed by atoms with Crippen LogP contribution in [0.15, 0.2) is 53.3 Å². The molecule has 0 aliphatic heterocycles. The fraction of sp³-hybridized carbons (Fsp3) is 0.222. The summed E-state index contributed by atoms with van der Waals surface area (Å²) in [5, 5.41) is 2.27. The molecule has 0 amide bonds. The van der Waals surface area contributed by atoms with E-state index >= 15 is 0 Å². The molecule has 22 heavy (non-hydrogen) atoms. The second kappa shape index (κ2) is 6.54. The maximum Gasteiger partial charge on any atom is 0.278 e. The summed E-state index contributed by atoms with van der Waals surface area (Å²) < 4.78 is 0. The van der Waals surface area contributed by atoms with Gasteiger partial charge in [0, 0.05) is 10.8 Å². The van der Waals surface area contributed by atoms with E-state index in [4.69, 9.17) is 4.84 Å². The van der Waals surface area contributed by atoms with Crippen LogP contribution in [-0.2, 0) is 4.84 Å². The molecule has 1 N–H and O–H groups in total. The molecule has 3 rings (SSSR count). The van der Waals surface area contributed by atoms with Crippen molar-refractivity contribution in [3.63, 3.8) is 0 Å². The van der Waals surface area contributed by atoms with Crippen molar-refractivity contribution in [3.8, 4) is 0 Å². The molecule has 0 aliphatic carbocycles. The van der Waals surface area contributed by atoms with E-state index in [1.165, 1.54) is 0 Å². The summed E-state index contributed by atoms with van der Waals surface area (Å²) in [6.07, 6.45) is 2.05. The largest absolute Gasteiger partial charge is 0.278 e. The predicted molar refractivity (Wildman–Crippen MR) is 90.0 cm³/mol. The minimum absolute atomic E-state index is 0.228. The van der Waals surface area contributed by atoms with E-state index in [1.54, 1.807) is 6.07 Å². The average molecular weight is 294 g/mol. The van der Waals surface area contributed by atoms with Crippen LogP contribution in [0.3, 0.4) is 0 Å². The van der Waals surface area contributed by atoms with E-state index in [0.29, 0.717) is 17.5 Å². The highest BCUT2D eigenvalue weighted by Gasteiger charge is 2.08. The van der Waals surface area contributed by atoms with Crippen molar-refractivity contribution in [2.24, 2.45) is 0 Å². The third-order valence-electron chi connectivity index (χ3n) is 3.60. The molecule has 112 valence electrons. The number of hydrogen-bond acceptors (Lipinski definition) is 4. The Labute approximate surface area is 128 Å². The van der Waals surface area contributed by atoms with Gasteiger partial charge < -0.3 is 0 Å². The molecule has 1 aromatic heterocycles. The second-order valence-electron chi connectivity index (χ2n) is 5.16. The number of rotatable bonds is 5. The lowest BCUT2D eigenvalue weighted by atomic mass is 10.1. The number of nitrogens with one attached hydrogen (secondary N) is 1. The van der Waals surface area contributed by atoms with Gasteiger partial charge in [-0.15, -0.1) is 0 Å². The third kappa shape index (κ3) is 2.78. The summed E-state index contributed by atoms with van der Waals surface area (Å²) >= 11 is 0. The summed E-state index contributed by atoms with van der Waals surface area (Å²) in [6, 6.07) is 15.1. The summed E-state index contributed by atoms with van der Waals surface area (Å²) in [5.41, 5.74) is 4.25. The Morgan fingerprint density at radius 2 is 1.68 bits per heavy atom. The number of benzene rings is 2. The van der Waals surface area contributed by atoms with E-state index in [9.17, 15) is 4.79 Å². The SMILES string of the molecule is CCCCONc1c2ccccc2nc(=O)c2ccccc12. The molecule has 0 atom stereocenters. The van der Waals surface area contributed by atoms with Crippen LogP contribution in [0.2, 0.25) is 0 Å². The lowest BCUT2D eigenvalue weighted by molar-refractivity contribution is 0.190. The second-order valence-corrected chi connectivity index (χ2v) is 5.16. The lowest BCUT2D eigenvalue weighted by Gasteiger charge is -2.09. The van der Waals surface area contributed by atoms with Gasteiger partial charge in [0.15, 0.2) is 0 Å². The van der Waals surface area contributed by atoms with Crippen LogP contribution >= 0.6 is 0 Å². The average Bonchev–Trinajstić information content (AvgIpc) is 2.67. The molecule has 4 heteroatoms. The molecule has 4 nitrogen and oxygen atoms in total. The topological polar surface area (TPSA) is 51.2 Å². The number of para-hydroxylation sites is 1. The number of unbranched alkanes of at least 4 members (excludes halogenated alkanes) is 1. The maximum atomic E-state index is 12.3. The van der Waals surface area contributed by atoms with Gasteiger partial charge in [0.2, 0.25) is 0 Å². The highest BCUT2D eigenvalue weighted by atomic mass is 16.6. The number of fused-ring (bicyclic) bond motifs is 2. The molecule has 0 radical (unpaired) electrons. The zero-order valence-corrected chi connectivity index (χ0v) is 12.5. The van der Waals surface area contributed by atoms with Crippen molar-refractivity contribution in [2.75, 3.05) is 12.1 Å². The fourth-order valence-electron chi connectivity index (χ4n) is 2.43. The standard InChI is InChI=1S/C18H18N2O2/c1-2-3-12-22-20-17-13-8-4-5-9-14(13)18(21)19-16-11-7-6-10-15(16)17/h4-11,20H,2-3,12H2,1H3. The summed E-state index contributed by atoms with van der Waals surface area (Å²) in [5.74, 6) is 0. The van der Waals surface area contributed by atoms with Crippen LogP contribution in [-0.4, -0.2) is 11.6 Å². The molecule has 0 fully saturated rings. The third-order valence-corrected chi connectivity index (χ3v) is 3.60. The quantitative estimate of drug-likeness (QED) is 0.573. The molecular formula is C18H18N2O2. The summed E-state index contributed by atoms with van der Waals surface area (Å²) in [4.78, 5) is 22.1. The number of aromatic nitrogens is 1. The fourth-order valence-corrected chi connectivity index (χ4v) is 2.43. The van der Waals surface area contributed by atoms with Gasteiger partial charge in [0.05, 0.1) is 23.2 Å². The van der Waals surface area contributed by atoms with Crippen molar-refractivity contribution >= 4 is 27.4 Å². The first kappa shape index (κ1) is 14.5. The van der Waals surface area contributed by atoms with Gasteiger partial charge in [0.1, 0.15) is 0 Å². The molecular weight excluding hydrogens is 276 g/mol. The van der Waals surface area contributed by atoms with Gasteiger partial charge in [-0.2, -0.15) is 0 Å². The predicted octanol–water partition coefficient (Wildman–Crippen LogP) is 3.89. The molecule has 0 bridgehead atoms. The van der Waals surface area contributed by atoms with Crippen molar-refractivity contribution in [2.45, 2.75) is 19.8 Å². The van der Waals surface area contributed by atoms with Crippen molar-refractivity contribution in [1.82, 2.24) is 4.98 Å². The Morgan fingerprint density at radius 3 is 2.45 bits per heavy atom. The van der Waals surface area contributed by atoms with Crippen LogP contribution in [0.5, 0.6) is 0 Å². The Balaban J connectivity index is 2.24. The zero-order chi connectivity index (χ0) is 15.4. The monoisotopic (exact) mass is 294 g/mol. The Hall–Kier alpha value is -2.46. The van der Waals surface area contributed by atoms with Gasteiger partial charge in [-0.25, -0.2) is 4.98 Å². The number of hydrogen-bond donors (Lipinski definition) is 1. The Morgan fingerprint density at radius 1 is 1.00 bits per heavy atom. The molecule has 0 aliphatic rings. The van der Waals surface area contributed by atoms with Crippen LogP contribution in [0, 0.1) is 0 Å². The van der Waals surface area contributed by atoms with Crippen LogP contribution in [0.25, 0.3) is 21.7 Å². The normalized spacial score (nSPS) is 11.0. The van der Waals surface area contributed by atoms with Gasteiger partial charge >= 0.3 is 0 Å². The van der Waals surface area contributed by atoms with E-state index in [2.05, 4.69) is 17.4 Å². The smallest absolute Gasteiger partial charge is 0.276 e. The zero-order valence-electron chi connectivity index (χ0n) is 12.5. The van der Waals surface area contributed by atoms with E-state index < -0.39 is 0 Å². The number of nitrogens with zero attached hydrogens (tertiary/aromatic N) is 1. The van der Waals surface area contributed by atoms with Crippen LogP contribution in [0.1, 0.15) is 19.8 Å². The minimum atomic E-state index is -0.228. The highest BCUT2D eigenvalue weighted by Crippen LogP contribution is 2.27. The molecule has 0 saturated heterocycles. The first-order valence-electron chi connectivity index (χ1n) is 7.51. The molecule has 3 aromatic rings. The van der Waals surface area contributed by atoms with Gasteiger partial charge in [0.25, 0.3) is 5.56 Å². The van der Waals surface area contributed by atoms with Crippen LogP contribution in [0.4, 0.5) is 5.69 Å². The maximum absolute atomic E-state index is 12.3. The van der Waals surface area contributed by atoms with Crippen LogP contribution < -0.4 is 11.0 Å². The lowest BCUT2D eigenvalue weighted by Crippen LogP contribution is -2.03. The van der Waals surface area contributed by atoms with E-state index in [-0.39, 0.29) is 5.56 Å². The van der Waals surface area contributed by atoms with Gasteiger partial charge in [-0.05, 0) is 18.6 Å². The summed E-state index contributed by atoms with van der Waals surface area (Å²) in [6.45, 7) is 2.74. The van der Waals surface area contributed by atoms with Crippen molar-refractivity contribution in [3.05, 3.63) is 58.9 Å². The molecule has 0 unspecified atom stereocenters. The van der Waals surface area contributed by atoms with Crippen molar-refractivity contribution in [1.29, 1.82) is 0 Å². The van der Waals surface area contributed by atoms with Gasteiger partial charge in [-0.3, -0.25) is 15.1 Å². The molecule has 0 spiro atoms. The Kier molecular flexibility index (Phi) is 4.30. The van der Waals surface area contributed by atoms with E-state index in [0.717, 1.165) is 29.3 Å². The first-order chi connectivity index (χ1) is 10.8. The molecule has 2 aromatic carbocycles. The van der Waals surface area contributed by atoms with Gasteiger partial charge in [-0.1, -0.05) is 49.7 Å². The highest BCUT2D eigenvalue weighted by molar-refractivity contribution is 6.05. The Bertz CT molecular complexity index is 862. The first-order valence-corrected chi connectivity index (χ1v) is 7.51. The minimum Gasteiger partial charge on any atom is -0.276 e. The van der Waals surface area contributed by atoms with Crippen molar-refractivity contribution < 1.29 is 4.84 Å².